The van der Waals surface area contributed by atoms with Crippen LogP contribution < -0.4 is 10.4 Å². The molecule has 0 aliphatic heterocycles. The molecule has 2 aromatic rings. The molecule has 0 aliphatic carbocycles. The van der Waals surface area contributed by atoms with Gasteiger partial charge in [-0.1, -0.05) is 29.3 Å². The number of nitrogens with one attached hydrogen (secondary N) is 1. The van der Waals surface area contributed by atoms with Crippen LogP contribution >= 0.6 is 34.5 Å². The Labute approximate surface area is 124 Å². The number of aliphatic carboxylic acids is 1. The second-order valence-electron chi connectivity index (χ2n) is 3.78. The molecule has 0 saturated heterocycles. The van der Waals surface area contributed by atoms with E-state index in [9.17, 15) is 9.90 Å². The SMILES string of the molecule is O=C([O-])Cc1csc(NCc2ccc(Cl)cc2Cl)n1. The molecule has 0 saturated carbocycles. The molecule has 1 heterocycles. The standard InChI is InChI=1S/C12H10Cl2N2O2S/c13-8-2-1-7(10(14)3-8)5-15-12-16-9(6-19-12)4-11(17)18/h1-3,6H,4-5H2,(H,15,16)(H,17,18)/p-1. The zero-order chi connectivity index (χ0) is 13.8. The van der Waals surface area contributed by atoms with Gasteiger partial charge in [-0.05, 0) is 17.7 Å². The minimum atomic E-state index is -1.14. The van der Waals surface area contributed by atoms with Crippen molar-refractivity contribution >= 4 is 45.6 Å². The van der Waals surface area contributed by atoms with Crippen LogP contribution in [0.5, 0.6) is 0 Å². The van der Waals surface area contributed by atoms with Crippen molar-refractivity contribution in [3.05, 3.63) is 44.9 Å². The van der Waals surface area contributed by atoms with Gasteiger partial charge in [-0.15, -0.1) is 11.3 Å². The molecule has 0 atom stereocenters. The topological polar surface area (TPSA) is 65.0 Å². The van der Waals surface area contributed by atoms with Crippen LogP contribution in [0.4, 0.5) is 5.13 Å². The average molecular weight is 316 g/mol. The normalized spacial score (nSPS) is 10.4. The van der Waals surface area contributed by atoms with Crippen molar-refractivity contribution < 1.29 is 9.90 Å². The van der Waals surface area contributed by atoms with E-state index in [0.717, 1.165) is 5.56 Å². The summed E-state index contributed by atoms with van der Waals surface area (Å²) in [6.45, 7) is 0.494. The summed E-state index contributed by atoms with van der Waals surface area (Å²) in [5.41, 5.74) is 1.37. The van der Waals surface area contributed by atoms with Gasteiger partial charge in [0.1, 0.15) is 0 Å². The van der Waals surface area contributed by atoms with Gasteiger partial charge in [0.25, 0.3) is 0 Å². The lowest BCUT2D eigenvalue weighted by Crippen LogP contribution is -2.24. The fraction of sp³-hybridized carbons (Fsp3) is 0.167. The van der Waals surface area contributed by atoms with E-state index in [1.165, 1.54) is 11.3 Å². The Hall–Kier alpha value is -1.30. The zero-order valence-corrected chi connectivity index (χ0v) is 12.0. The summed E-state index contributed by atoms with van der Waals surface area (Å²) in [7, 11) is 0. The number of aromatic nitrogens is 1. The van der Waals surface area contributed by atoms with Gasteiger partial charge in [0, 0.05) is 34.4 Å². The van der Waals surface area contributed by atoms with Gasteiger partial charge >= 0.3 is 0 Å². The second-order valence-corrected chi connectivity index (χ2v) is 5.48. The molecule has 1 aromatic heterocycles. The molecular weight excluding hydrogens is 307 g/mol. The molecule has 1 N–H and O–H groups in total. The van der Waals surface area contributed by atoms with Crippen LogP contribution in [0.3, 0.4) is 0 Å². The minimum Gasteiger partial charge on any atom is -0.550 e. The number of halogens is 2. The number of thiazole rings is 1. The van der Waals surface area contributed by atoms with Gasteiger partial charge in [0.2, 0.25) is 0 Å². The highest BCUT2D eigenvalue weighted by Gasteiger charge is 2.04. The van der Waals surface area contributed by atoms with E-state index in [2.05, 4.69) is 10.3 Å². The highest BCUT2D eigenvalue weighted by Crippen LogP contribution is 2.23. The third-order valence-electron chi connectivity index (χ3n) is 2.32. The number of anilines is 1. The number of carbonyl (C=O) groups is 1. The van der Waals surface area contributed by atoms with Crippen molar-refractivity contribution in [2.45, 2.75) is 13.0 Å². The highest BCUT2D eigenvalue weighted by molar-refractivity contribution is 7.13. The zero-order valence-electron chi connectivity index (χ0n) is 9.65. The number of hydrogen-bond donors (Lipinski definition) is 1. The summed E-state index contributed by atoms with van der Waals surface area (Å²) in [6.07, 6.45) is -0.181. The summed E-state index contributed by atoms with van der Waals surface area (Å²) in [4.78, 5) is 14.6. The molecule has 100 valence electrons. The second kappa shape index (κ2) is 6.23. The van der Waals surface area contributed by atoms with Crippen LogP contribution in [0.1, 0.15) is 11.3 Å². The maximum atomic E-state index is 10.4. The van der Waals surface area contributed by atoms with Gasteiger partial charge in [0.15, 0.2) is 5.13 Å². The number of benzene rings is 1. The van der Waals surface area contributed by atoms with E-state index in [-0.39, 0.29) is 6.42 Å². The van der Waals surface area contributed by atoms with Crippen molar-refractivity contribution in [2.24, 2.45) is 0 Å². The van der Waals surface area contributed by atoms with Gasteiger partial charge in [-0.25, -0.2) is 4.98 Å². The lowest BCUT2D eigenvalue weighted by molar-refractivity contribution is -0.304. The monoisotopic (exact) mass is 315 g/mol. The Bertz CT molecular complexity index is 601. The number of hydrogen-bond acceptors (Lipinski definition) is 5. The predicted octanol–water partition coefficient (Wildman–Crippen LogP) is 2.35. The molecule has 0 bridgehead atoms. The number of carboxylic acids is 1. The summed E-state index contributed by atoms with van der Waals surface area (Å²) < 4.78 is 0. The highest BCUT2D eigenvalue weighted by atomic mass is 35.5. The molecule has 0 radical (unpaired) electrons. The van der Waals surface area contributed by atoms with Gasteiger partial charge in [-0.3, -0.25) is 0 Å². The average Bonchev–Trinajstić information content (AvgIpc) is 2.74. The molecule has 4 nitrogen and oxygen atoms in total. The third kappa shape index (κ3) is 4.09. The Kier molecular flexibility index (Phi) is 4.63. The van der Waals surface area contributed by atoms with Crippen LogP contribution in [0.15, 0.2) is 23.6 Å². The molecule has 0 unspecified atom stereocenters. The van der Waals surface area contributed by atoms with Gasteiger partial charge in [0.05, 0.1) is 5.69 Å². The van der Waals surface area contributed by atoms with Gasteiger partial charge < -0.3 is 15.2 Å². The number of carboxylic acid groups (broad SMARTS) is 1. The molecule has 2 rings (SSSR count). The molecule has 0 fully saturated rings. The number of carbonyl (C=O) groups excluding carboxylic acids is 1. The first-order valence-electron chi connectivity index (χ1n) is 5.36. The van der Waals surface area contributed by atoms with E-state index in [0.29, 0.717) is 27.4 Å². The Morgan fingerprint density at radius 1 is 1.42 bits per heavy atom. The van der Waals surface area contributed by atoms with Crippen LogP contribution in [-0.2, 0) is 17.8 Å². The first-order chi connectivity index (χ1) is 9.04. The third-order valence-corrected chi connectivity index (χ3v) is 3.76. The largest absolute Gasteiger partial charge is 0.550 e. The number of rotatable bonds is 5. The van der Waals surface area contributed by atoms with Crippen LogP contribution in [0.25, 0.3) is 0 Å². The van der Waals surface area contributed by atoms with Crippen LogP contribution in [-0.4, -0.2) is 11.0 Å². The molecule has 0 aliphatic rings. The maximum Gasteiger partial charge on any atom is 0.183 e. The summed E-state index contributed by atoms with van der Waals surface area (Å²) in [5, 5.41) is 17.0. The van der Waals surface area contributed by atoms with E-state index >= 15 is 0 Å². The van der Waals surface area contributed by atoms with Gasteiger partial charge in [-0.2, -0.15) is 0 Å². The van der Waals surface area contributed by atoms with Crippen molar-refractivity contribution in [1.82, 2.24) is 4.98 Å². The van der Waals surface area contributed by atoms with E-state index in [1.807, 2.05) is 6.07 Å². The quantitative estimate of drug-likeness (QED) is 0.919. The van der Waals surface area contributed by atoms with Crippen molar-refractivity contribution in [2.75, 3.05) is 5.32 Å². The predicted molar refractivity (Wildman–Crippen MR) is 74.6 cm³/mol. The Morgan fingerprint density at radius 2 is 2.21 bits per heavy atom. The summed E-state index contributed by atoms with van der Waals surface area (Å²) in [6, 6.07) is 5.25. The Morgan fingerprint density at radius 3 is 2.89 bits per heavy atom. The van der Waals surface area contributed by atoms with Crippen LogP contribution in [0.2, 0.25) is 10.0 Å². The number of nitrogens with zero attached hydrogens (tertiary/aromatic N) is 1. The molecule has 0 amide bonds. The lowest BCUT2D eigenvalue weighted by atomic mass is 10.2. The molecule has 0 spiro atoms. The molecule has 19 heavy (non-hydrogen) atoms. The smallest absolute Gasteiger partial charge is 0.183 e. The van der Waals surface area contributed by atoms with Crippen LogP contribution in [0, 0.1) is 0 Å². The fourth-order valence-electron chi connectivity index (χ4n) is 1.45. The van der Waals surface area contributed by atoms with E-state index in [4.69, 9.17) is 23.2 Å². The first-order valence-corrected chi connectivity index (χ1v) is 7.00. The van der Waals surface area contributed by atoms with Crippen molar-refractivity contribution in [1.29, 1.82) is 0 Å². The van der Waals surface area contributed by atoms with Crippen molar-refractivity contribution in [3.63, 3.8) is 0 Å². The molecule has 1 aromatic carbocycles. The maximum absolute atomic E-state index is 10.4. The molecule has 7 heteroatoms. The fourth-order valence-corrected chi connectivity index (χ4v) is 2.64. The summed E-state index contributed by atoms with van der Waals surface area (Å²) in [5.74, 6) is -1.14. The molecular formula is C12H9Cl2N2O2S-. The van der Waals surface area contributed by atoms with E-state index in [1.54, 1.807) is 17.5 Å². The van der Waals surface area contributed by atoms with E-state index < -0.39 is 5.97 Å². The lowest BCUT2D eigenvalue weighted by Gasteiger charge is -2.05. The first kappa shape index (κ1) is 14.1. The van der Waals surface area contributed by atoms with Crippen molar-refractivity contribution in [3.8, 4) is 0 Å². The Balaban J connectivity index is 1.98. The summed E-state index contributed by atoms with van der Waals surface area (Å²) >= 11 is 13.2. The minimum absolute atomic E-state index is 0.181.